The summed E-state index contributed by atoms with van der Waals surface area (Å²) in [6.07, 6.45) is 2.84. The lowest BCUT2D eigenvalue weighted by atomic mass is 9.98. The number of piperidine rings is 1. The van der Waals surface area contributed by atoms with Crippen molar-refractivity contribution in [1.29, 1.82) is 0 Å². The molecule has 5 nitrogen and oxygen atoms in total. The topological polar surface area (TPSA) is 52.7 Å². The van der Waals surface area contributed by atoms with Crippen molar-refractivity contribution in [3.8, 4) is 0 Å². The lowest BCUT2D eigenvalue weighted by molar-refractivity contribution is -0.135. The van der Waals surface area contributed by atoms with E-state index in [1.165, 1.54) is 0 Å². The van der Waals surface area contributed by atoms with Gasteiger partial charge in [0, 0.05) is 43.3 Å². The second kappa shape index (κ2) is 9.41. The first-order valence-corrected chi connectivity index (χ1v) is 9.07. The second-order valence-electron chi connectivity index (χ2n) is 6.52. The highest BCUT2D eigenvalue weighted by atomic mass is 35.5. The molecule has 1 aromatic rings. The molecule has 0 bridgehead atoms. The maximum absolute atomic E-state index is 12.7. The number of halogens is 2. The quantitative estimate of drug-likeness (QED) is 0.850. The van der Waals surface area contributed by atoms with Gasteiger partial charge in [-0.25, -0.2) is 0 Å². The SMILES string of the molecule is Cl.O=C(c1cccc(Cl)c1)N1CCCN(C(=O)C2CCCNC2)CC1. The molecule has 2 aliphatic heterocycles. The van der Waals surface area contributed by atoms with Gasteiger partial charge in [-0.05, 0) is 44.0 Å². The number of carbonyl (C=O) groups excluding carboxylic acids is 2. The number of carbonyl (C=O) groups is 2. The smallest absolute Gasteiger partial charge is 0.253 e. The van der Waals surface area contributed by atoms with E-state index in [-0.39, 0.29) is 30.1 Å². The Labute approximate surface area is 160 Å². The fourth-order valence-corrected chi connectivity index (χ4v) is 3.66. The molecule has 2 heterocycles. The number of nitrogens with one attached hydrogen (secondary N) is 1. The largest absolute Gasteiger partial charge is 0.341 e. The fourth-order valence-electron chi connectivity index (χ4n) is 3.47. The molecule has 0 aromatic heterocycles. The summed E-state index contributed by atoms with van der Waals surface area (Å²) in [5, 5.41) is 3.87. The summed E-state index contributed by atoms with van der Waals surface area (Å²) in [7, 11) is 0. The Balaban J connectivity index is 0.00000225. The summed E-state index contributed by atoms with van der Waals surface area (Å²) in [6.45, 7) is 4.39. The summed E-state index contributed by atoms with van der Waals surface area (Å²) >= 11 is 5.98. The van der Waals surface area contributed by atoms with Crippen LogP contribution in [0.5, 0.6) is 0 Å². The first-order valence-electron chi connectivity index (χ1n) is 8.69. The monoisotopic (exact) mass is 385 g/mol. The van der Waals surface area contributed by atoms with Gasteiger partial charge in [0.25, 0.3) is 5.91 Å². The van der Waals surface area contributed by atoms with E-state index >= 15 is 0 Å². The lowest BCUT2D eigenvalue weighted by Crippen LogP contribution is -2.44. The summed E-state index contributed by atoms with van der Waals surface area (Å²) < 4.78 is 0. The number of amides is 2. The zero-order valence-electron chi connectivity index (χ0n) is 14.2. The maximum Gasteiger partial charge on any atom is 0.253 e. The molecule has 138 valence electrons. The minimum atomic E-state index is -0.00821. The molecular weight excluding hydrogens is 361 g/mol. The maximum atomic E-state index is 12.7. The summed E-state index contributed by atoms with van der Waals surface area (Å²) in [6, 6.07) is 7.04. The molecule has 1 atom stereocenters. The van der Waals surface area contributed by atoms with E-state index in [1.54, 1.807) is 24.3 Å². The van der Waals surface area contributed by atoms with E-state index in [0.29, 0.717) is 30.2 Å². The molecule has 2 amide bonds. The molecule has 0 saturated carbocycles. The number of nitrogens with zero attached hydrogens (tertiary/aromatic N) is 2. The first-order chi connectivity index (χ1) is 11.6. The van der Waals surface area contributed by atoms with Crippen molar-refractivity contribution >= 4 is 35.8 Å². The van der Waals surface area contributed by atoms with Gasteiger partial charge in [0.1, 0.15) is 0 Å². The molecule has 0 radical (unpaired) electrons. The first kappa shape index (κ1) is 20.0. The molecule has 7 heteroatoms. The van der Waals surface area contributed by atoms with Crippen LogP contribution in [0, 0.1) is 5.92 Å². The van der Waals surface area contributed by atoms with Crippen molar-refractivity contribution in [3.63, 3.8) is 0 Å². The van der Waals surface area contributed by atoms with E-state index in [0.717, 1.165) is 38.9 Å². The third kappa shape index (κ3) is 5.09. The Bertz CT molecular complexity index is 606. The molecular formula is C18H25Cl2N3O2. The van der Waals surface area contributed by atoms with Crippen molar-refractivity contribution in [3.05, 3.63) is 34.9 Å². The third-order valence-corrected chi connectivity index (χ3v) is 5.05. The predicted molar refractivity (Wildman–Crippen MR) is 101 cm³/mol. The van der Waals surface area contributed by atoms with Crippen molar-refractivity contribution in [2.45, 2.75) is 19.3 Å². The van der Waals surface area contributed by atoms with Crippen LogP contribution < -0.4 is 5.32 Å². The molecule has 0 spiro atoms. The van der Waals surface area contributed by atoms with Crippen molar-refractivity contribution in [2.75, 3.05) is 39.3 Å². The van der Waals surface area contributed by atoms with Crippen molar-refractivity contribution < 1.29 is 9.59 Å². The average molecular weight is 386 g/mol. The van der Waals surface area contributed by atoms with Gasteiger partial charge < -0.3 is 15.1 Å². The minimum absolute atomic E-state index is 0. The molecule has 2 saturated heterocycles. The standard InChI is InChI=1S/C18H24ClN3O2.ClH/c19-16-6-1-4-14(12-16)17(23)21-8-3-9-22(11-10-21)18(24)15-5-2-7-20-13-15;/h1,4,6,12,15,20H,2-3,5,7-11,13H2;1H. The Kier molecular flexibility index (Phi) is 7.54. The third-order valence-electron chi connectivity index (χ3n) is 4.81. The van der Waals surface area contributed by atoms with Crippen LogP contribution in [0.25, 0.3) is 0 Å². The van der Waals surface area contributed by atoms with Gasteiger partial charge in [0.2, 0.25) is 5.91 Å². The zero-order valence-corrected chi connectivity index (χ0v) is 15.8. The van der Waals surface area contributed by atoms with E-state index in [2.05, 4.69) is 5.32 Å². The van der Waals surface area contributed by atoms with Gasteiger partial charge in [0.15, 0.2) is 0 Å². The van der Waals surface area contributed by atoms with Gasteiger partial charge in [-0.15, -0.1) is 12.4 Å². The van der Waals surface area contributed by atoms with Crippen LogP contribution in [0.1, 0.15) is 29.6 Å². The van der Waals surface area contributed by atoms with Crippen LogP contribution in [0.3, 0.4) is 0 Å². The van der Waals surface area contributed by atoms with E-state index in [4.69, 9.17) is 11.6 Å². The van der Waals surface area contributed by atoms with E-state index < -0.39 is 0 Å². The van der Waals surface area contributed by atoms with Crippen LogP contribution in [0.2, 0.25) is 5.02 Å². The number of hydrogen-bond donors (Lipinski definition) is 1. The Morgan fingerprint density at radius 3 is 2.56 bits per heavy atom. The van der Waals surface area contributed by atoms with E-state index in [9.17, 15) is 9.59 Å². The second-order valence-corrected chi connectivity index (χ2v) is 6.96. The van der Waals surface area contributed by atoms with Crippen LogP contribution in [-0.4, -0.2) is 60.9 Å². The molecule has 2 fully saturated rings. The predicted octanol–water partition coefficient (Wildman–Crippen LogP) is 2.44. The van der Waals surface area contributed by atoms with Crippen molar-refractivity contribution in [2.24, 2.45) is 5.92 Å². The molecule has 1 aromatic carbocycles. The summed E-state index contributed by atoms with van der Waals surface area (Å²) in [5.74, 6) is 0.319. The highest BCUT2D eigenvalue weighted by molar-refractivity contribution is 6.30. The fraction of sp³-hybridized carbons (Fsp3) is 0.556. The van der Waals surface area contributed by atoms with Gasteiger partial charge in [-0.2, -0.15) is 0 Å². The Hall–Kier alpha value is -1.30. The highest BCUT2D eigenvalue weighted by Gasteiger charge is 2.28. The van der Waals surface area contributed by atoms with Crippen LogP contribution in [0.15, 0.2) is 24.3 Å². The highest BCUT2D eigenvalue weighted by Crippen LogP contribution is 2.17. The van der Waals surface area contributed by atoms with Crippen LogP contribution in [-0.2, 0) is 4.79 Å². The molecule has 2 aliphatic rings. The lowest BCUT2D eigenvalue weighted by Gasteiger charge is -2.29. The minimum Gasteiger partial charge on any atom is -0.341 e. The summed E-state index contributed by atoms with van der Waals surface area (Å²) in [4.78, 5) is 29.1. The van der Waals surface area contributed by atoms with Crippen molar-refractivity contribution in [1.82, 2.24) is 15.1 Å². The number of hydrogen-bond acceptors (Lipinski definition) is 3. The molecule has 1 N–H and O–H groups in total. The number of benzene rings is 1. The Morgan fingerprint density at radius 2 is 1.84 bits per heavy atom. The van der Waals surface area contributed by atoms with Gasteiger partial charge in [-0.1, -0.05) is 17.7 Å². The van der Waals surface area contributed by atoms with Crippen LogP contribution >= 0.6 is 24.0 Å². The normalized spacial score (nSPS) is 21.2. The average Bonchev–Trinajstić information content (AvgIpc) is 2.87. The van der Waals surface area contributed by atoms with Gasteiger partial charge in [-0.3, -0.25) is 9.59 Å². The van der Waals surface area contributed by atoms with Crippen LogP contribution in [0.4, 0.5) is 0 Å². The van der Waals surface area contributed by atoms with Gasteiger partial charge in [0.05, 0.1) is 5.92 Å². The molecule has 0 aliphatic carbocycles. The van der Waals surface area contributed by atoms with E-state index in [1.807, 2.05) is 9.80 Å². The molecule has 25 heavy (non-hydrogen) atoms. The zero-order chi connectivity index (χ0) is 16.9. The molecule has 3 rings (SSSR count). The summed E-state index contributed by atoms with van der Waals surface area (Å²) in [5.41, 5.74) is 0.610. The molecule has 1 unspecified atom stereocenters. The van der Waals surface area contributed by atoms with Gasteiger partial charge >= 0.3 is 0 Å². The Morgan fingerprint density at radius 1 is 1.08 bits per heavy atom. The number of rotatable bonds is 2.